The Balaban J connectivity index is 2.15. The fourth-order valence-electron chi connectivity index (χ4n) is 5.62. The molecule has 36 heavy (non-hydrogen) atoms. The van der Waals surface area contributed by atoms with Crippen LogP contribution in [0, 0.1) is 0 Å². The van der Waals surface area contributed by atoms with Gasteiger partial charge in [-0.25, -0.2) is 9.13 Å². The molecule has 0 aliphatic rings. The molecule has 1 aromatic heterocycles. The Morgan fingerprint density at radius 1 is 0.472 bits per heavy atom. The molecule has 0 aliphatic carbocycles. The maximum Gasteiger partial charge on any atom is 0.256 e. The van der Waals surface area contributed by atoms with E-state index < -0.39 is 0 Å². The van der Waals surface area contributed by atoms with E-state index in [0.717, 1.165) is 0 Å². The van der Waals surface area contributed by atoms with E-state index in [2.05, 4.69) is 42.3 Å². The zero-order valence-corrected chi connectivity index (χ0v) is 25.3. The topological polar surface area (TPSA) is 8.81 Å². The Hall–Kier alpha value is -0.790. The molecule has 1 rings (SSSR count). The van der Waals surface area contributed by atoms with E-state index in [1.54, 1.807) is 5.82 Å². The highest BCUT2D eigenvalue weighted by molar-refractivity contribution is 4.84. The molecule has 1 heterocycles. The number of hydrogen-bond donors (Lipinski definition) is 0. The highest BCUT2D eigenvalue weighted by Gasteiger charge is 2.16. The molecule has 0 saturated carbocycles. The van der Waals surface area contributed by atoms with Crippen LogP contribution in [-0.2, 0) is 19.5 Å². The lowest BCUT2D eigenvalue weighted by Crippen LogP contribution is -2.37. The normalized spacial score (nSPS) is 11.5. The highest BCUT2D eigenvalue weighted by Crippen LogP contribution is 2.15. The van der Waals surface area contributed by atoms with Crippen molar-refractivity contribution in [2.45, 2.75) is 201 Å². The van der Waals surface area contributed by atoms with Crippen molar-refractivity contribution >= 4 is 0 Å². The van der Waals surface area contributed by atoms with Gasteiger partial charge in [-0.3, -0.25) is 0 Å². The summed E-state index contributed by atoms with van der Waals surface area (Å²) >= 11 is 0. The molecule has 212 valence electrons. The second-order valence-corrected chi connectivity index (χ2v) is 11.6. The Morgan fingerprint density at radius 3 is 1.33 bits per heavy atom. The maximum atomic E-state index is 2.60. The van der Waals surface area contributed by atoms with Crippen LogP contribution in [0.25, 0.3) is 0 Å². The summed E-state index contributed by atoms with van der Waals surface area (Å²) in [5.41, 5.74) is 0. The summed E-state index contributed by atoms with van der Waals surface area (Å²) in [6.07, 6.45) is 41.5. The van der Waals surface area contributed by atoms with Crippen LogP contribution in [0.15, 0.2) is 12.4 Å². The molecule has 0 N–H and O–H groups in total. The molecule has 0 aromatic carbocycles. The molecule has 0 radical (unpaired) electrons. The molecule has 1 aromatic rings. The zero-order valence-electron chi connectivity index (χ0n) is 25.3. The van der Waals surface area contributed by atoms with Gasteiger partial charge < -0.3 is 0 Å². The third-order valence-corrected chi connectivity index (χ3v) is 8.10. The number of imidazole rings is 1. The molecule has 0 fully saturated rings. The van der Waals surface area contributed by atoms with Crippen molar-refractivity contribution in [2.24, 2.45) is 0 Å². The number of hydrogen-bond acceptors (Lipinski definition) is 0. The summed E-state index contributed by atoms with van der Waals surface area (Å²) in [5, 5.41) is 0. The fourth-order valence-corrected chi connectivity index (χ4v) is 5.62. The van der Waals surface area contributed by atoms with Gasteiger partial charge in [0.05, 0.1) is 13.1 Å². The summed E-state index contributed by atoms with van der Waals surface area (Å²) in [5.74, 6) is 1.60. The third kappa shape index (κ3) is 18.5. The summed E-state index contributed by atoms with van der Waals surface area (Å²) in [6, 6.07) is 0. The molecule has 0 spiro atoms. The first-order chi connectivity index (χ1) is 17.8. The van der Waals surface area contributed by atoms with Gasteiger partial charge in [0.2, 0.25) is 0 Å². The standard InChI is InChI=1S/C34H67N2/c1-4-7-10-12-14-15-16-17-18-19-20-21-23-25-28-31-36-33-32-35(30-27-9-6-3)34(36)29-26-24-22-13-11-8-5-2/h32-33H,4-31H2,1-3H3/q+1. The van der Waals surface area contributed by atoms with Crippen LogP contribution >= 0.6 is 0 Å². The van der Waals surface area contributed by atoms with Crippen molar-refractivity contribution in [3.63, 3.8) is 0 Å². The number of aromatic nitrogens is 2. The Morgan fingerprint density at radius 2 is 0.861 bits per heavy atom. The van der Waals surface area contributed by atoms with Gasteiger partial charge in [-0.05, 0) is 32.1 Å². The first-order valence-electron chi connectivity index (χ1n) is 16.9. The molecular weight excluding hydrogens is 436 g/mol. The van der Waals surface area contributed by atoms with Crippen LogP contribution in [0.2, 0.25) is 0 Å². The lowest BCUT2D eigenvalue weighted by Gasteiger charge is -2.07. The monoisotopic (exact) mass is 504 g/mol. The van der Waals surface area contributed by atoms with Gasteiger partial charge >= 0.3 is 0 Å². The van der Waals surface area contributed by atoms with Crippen LogP contribution in [-0.4, -0.2) is 4.57 Å². The Labute approximate surface area is 228 Å². The number of aryl methyl sites for hydroxylation is 2. The molecule has 0 atom stereocenters. The van der Waals surface area contributed by atoms with Crippen LogP contribution < -0.4 is 4.57 Å². The second kappa shape index (κ2) is 25.8. The molecule has 0 amide bonds. The van der Waals surface area contributed by atoms with Crippen molar-refractivity contribution in [1.82, 2.24) is 4.57 Å². The average Bonchev–Trinajstić information content (AvgIpc) is 3.27. The minimum Gasteiger partial charge on any atom is -0.234 e. The van der Waals surface area contributed by atoms with Crippen molar-refractivity contribution in [1.29, 1.82) is 0 Å². The lowest BCUT2D eigenvalue weighted by atomic mass is 10.0. The smallest absolute Gasteiger partial charge is 0.234 e. The largest absolute Gasteiger partial charge is 0.256 e. The number of unbranched alkanes of at least 4 members (excludes halogenated alkanes) is 22. The molecule has 0 saturated heterocycles. The quantitative estimate of drug-likeness (QED) is 0.0794. The average molecular weight is 504 g/mol. The first-order valence-corrected chi connectivity index (χ1v) is 16.9. The summed E-state index contributed by atoms with van der Waals surface area (Å²) in [6.45, 7) is 9.37. The molecule has 0 bridgehead atoms. The van der Waals surface area contributed by atoms with Crippen LogP contribution in [0.1, 0.15) is 187 Å². The minimum atomic E-state index is 1.21. The SMILES string of the molecule is CCCCCCCCCCCCCCCCCn1cc[n+](CCCCC)c1CCCCCCCCC. The van der Waals surface area contributed by atoms with E-state index >= 15 is 0 Å². The van der Waals surface area contributed by atoms with E-state index in [1.165, 1.54) is 180 Å². The van der Waals surface area contributed by atoms with E-state index in [-0.39, 0.29) is 0 Å². The molecule has 0 unspecified atom stereocenters. The van der Waals surface area contributed by atoms with E-state index in [1.807, 2.05) is 0 Å². The second-order valence-electron chi connectivity index (χ2n) is 11.6. The van der Waals surface area contributed by atoms with Gasteiger partial charge in [0.25, 0.3) is 5.82 Å². The lowest BCUT2D eigenvalue weighted by molar-refractivity contribution is -0.704. The number of rotatable bonds is 28. The van der Waals surface area contributed by atoms with Crippen molar-refractivity contribution in [3.05, 3.63) is 18.2 Å². The molecule has 0 aliphatic heterocycles. The first kappa shape index (κ1) is 33.2. The fraction of sp³-hybridized carbons (Fsp3) is 0.912. The number of nitrogens with zero attached hydrogens (tertiary/aromatic N) is 2. The van der Waals surface area contributed by atoms with Gasteiger partial charge in [0.1, 0.15) is 12.4 Å². The van der Waals surface area contributed by atoms with Crippen LogP contribution in [0.3, 0.4) is 0 Å². The molecular formula is C34H67N2+. The Bertz CT molecular complexity index is 562. The van der Waals surface area contributed by atoms with Gasteiger partial charge in [-0.1, -0.05) is 149 Å². The van der Waals surface area contributed by atoms with Crippen LogP contribution in [0.4, 0.5) is 0 Å². The van der Waals surface area contributed by atoms with Crippen molar-refractivity contribution < 1.29 is 4.57 Å². The Kier molecular flexibility index (Phi) is 23.9. The van der Waals surface area contributed by atoms with Gasteiger partial charge in [-0.15, -0.1) is 0 Å². The van der Waals surface area contributed by atoms with Crippen LogP contribution in [0.5, 0.6) is 0 Å². The summed E-state index contributed by atoms with van der Waals surface area (Å²) in [7, 11) is 0. The summed E-state index contributed by atoms with van der Waals surface area (Å²) < 4.78 is 5.18. The van der Waals surface area contributed by atoms with Crippen molar-refractivity contribution in [2.75, 3.05) is 0 Å². The zero-order chi connectivity index (χ0) is 25.9. The van der Waals surface area contributed by atoms with Gasteiger partial charge in [0.15, 0.2) is 0 Å². The third-order valence-electron chi connectivity index (χ3n) is 8.10. The molecule has 2 nitrogen and oxygen atoms in total. The van der Waals surface area contributed by atoms with E-state index in [4.69, 9.17) is 0 Å². The predicted octanol–water partition coefficient (Wildman–Crippen LogP) is 11.1. The van der Waals surface area contributed by atoms with Crippen molar-refractivity contribution in [3.8, 4) is 0 Å². The van der Waals surface area contributed by atoms with Gasteiger partial charge in [-0.2, -0.15) is 0 Å². The maximum absolute atomic E-state index is 2.60. The minimum absolute atomic E-state index is 1.21. The van der Waals surface area contributed by atoms with E-state index in [0.29, 0.717) is 0 Å². The van der Waals surface area contributed by atoms with E-state index in [9.17, 15) is 0 Å². The molecule has 2 heteroatoms. The predicted molar refractivity (Wildman–Crippen MR) is 161 cm³/mol. The highest BCUT2D eigenvalue weighted by atomic mass is 15.1. The summed E-state index contributed by atoms with van der Waals surface area (Å²) in [4.78, 5) is 0. The van der Waals surface area contributed by atoms with Gasteiger partial charge in [0, 0.05) is 6.42 Å².